The van der Waals surface area contributed by atoms with E-state index in [9.17, 15) is 0 Å². The van der Waals surface area contributed by atoms with Gasteiger partial charge in [0.25, 0.3) is 0 Å². The highest BCUT2D eigenvalue weighted by Gasteiger charge is 2.19. The van der Waals surface area contributed by atoms with Crippen LogP contribution >= 0.6 is 0 Å². The summed E-state index contributed by atoms with van der Waals surface area (Å²) in [6, 6.07) is 5.94. The molecule has 104 valence electrons. The lowest BCUT2D eigenvalue weighted by Gasteiger charge is -2.36. The lowest BCUT2D eigenvalue weighted by molar-refractivity contribution is 0.639. The van der Waals surface area contributed by atoms with Crippen molar-refractivity contribution in [3.63, 3.8) is 0 Å². The molecule has 3 rings (SSSR count). The van der Waals surface area contributed by atoms with Crippen molar-refractivity contribution in [3.8, 4) is 0 Å². The third-order valence-electron chi connectivity index (χ3n) is 3.49. The van der Waals surface area contributed by atoms with Crippen LogP contribution in [0.1, 0.15) is 5.69 Å². The second-order valence-electron chi connectivity index (χ2n) is 4.73. The Labute approximate surface area is 118 Å². The monoisotopic (exact) mass is 270 g/mol. The summed E-state index contributed by atoms with van der Waals surface area (Å²) < 4.78 is 0. The molecular weight excluding hydrogens is 252 g/mol. The number of piperazine rings is 1. The SMILES string of the molecule is NCc1cc(N2CCN(c3ncccn3)CC2)ccn1. The van der Waals surface area contributed by atoms with Crippen LogP contribution in [0.15, 0.2) is 36.8 Å². The Bertz CT molecular complexity index is 551. The molecule has 1 fully saturated rings. The molecule has 6 nitrogen and oxygen atoms in total. The lowest BCUT2D eigenvalue weighted by atomic mass is 10.2. The Morgan fingerprint density at radius 1 is 0.950 bits per heavy atom. The van der Waals surface area contributed by atoms with Crippen LogP contribution in [-0.4, -0.2) is 41.1 Å². The third-order valence-corrected chi connectivity index (χ3v) is 3.49. The summed E-state index contributed by atoms with van der Waals surface area (Å²) in [6.45, 7) is 4.22. The Morgan fingerprint density at radius 2 is 1.65 bits per heavy atom. The highest BCUT2D eigenvalue weighted by atomic mass is 15.3. The van der Waals surface area contributed by atoms with E-state index in [2.05, 4.69) is 30.8 Å². The highest BCUT2D eigenvalue weighted by molar-refractivity contribution is 5.48. The molecule has 1 aliphatic heterocycles. The maximum Gasteiger partial charge on any atom is 0.225 e. The Balaban J connectivity index is 1.66. The molecule has 6 heteroatoms. The summed E-state index contributed by atoms with van der Waals surface area (Å²) in [7, 11) is 0. The Morgan fingerprint density at radius 3 is 2.35 bits per heavy atom. The molecule has 1 aliphatic rings. The number of anilines is 2. The van der Waals surface area contributed by atoms with Crippen molar-refractivity contribution in [3.05, 3.63) is 42.5 Å². The average molecular weight is 270 g/mol. The number of nitrogens with two attached hydrogens (primary N) is 1. The number of rotatable bonds is 3. The smallest absolute Gasteiger partial charge is 0.225 e. The van der Waals surface area contributed by atoms with Crippen molar-refractivity contribution in [2.45, 2.75) is 6.54 Å². The van der Waals surface area contributed by atoms with Crippen LogP contribution in [0, 0.1) is 0 Å². The molecule has 2 N–H and O–H groups in total. The number of aromatic nitrogens is 3. The predicted molar refractivity (Wildman–Crippen MR) is 78.6 cm³/mol. The molecule has 2 aromatic rings. The van der Waals surface area contributed by atoms with Crippen LogP contribution in [0.3, 0.4) is 0 Å². The molecule has 20 heavy (non-hydrogen) atoms. The largest absolute Gasteiger partial charge is 0.368 e. The van der Waals surface area contributed by atoms with Crippen LogP contribution in [0.4, 0.5) is 11.6 Å². The van der Waals surface area contributed by atoms with Gasteiger partial charge < -0.3 is 15.5 Å². The minimum Gasteiger partial charge on any atom is -0.368 e. The lowest BCUT2D eigenvalue weighted by Crippen LogP contribution is -2.47. The molecular formula is C14H18N6. The molecule has 0 bridgehead atoms. The van der Waals surface area contributed by atoms with E-state index in [0.29, 0.717) is 6.54 Å². The van der Waals surface area contributed by atoms with E-state index in [1.807, 2.05) is 18.3 Å². The van der Waals surface area contributed by atoms with Crippen molar-refractivity contribution < 1.29 is 0 Å². The van der Waals surface area contributed by atoms with E-state index in [1.54, 1.807) is 12.4 Å². The Hall–Kier alpha value is -2.21. The Kier molecular flexibility index (Phi) is 3.73. The second kappa shape index (κ2) is 5.83. The zero-order chi connectivity index (χ0) is 13.8. The van der Waals surface area contributed by atoms with Crippen molar-refractivity contribution in [2.75, 3.05) is 36.0 Å². The predicted octanol–water partition coefficient (Wildman–Crippen LogP) is 0.657. The van der Waals surface area contributed by atoms with Gasteiger partial charge >= 0.3 is 0 Å². The fourth-order valence-electron chi connectivity index (χ4n) is 2.39. The number of nitrogens with zero attached hydrogens (tertiary/aromatic N) is 5. The van der Waals surface area contributed by atoms with Crippen molar-refractivity contribution in [2.24, 2.45) is 5.73 Å². The highest BCUT2D eigenvalue weighted by Crippen LogP contribution is 2.18. The fraction of sp³-hybridized carbons (Fsp3) is 0.357. The van der Waals surface area contributed by atoms with Gasteiger partial charge in [0.15, 0.2) is 0 Å². The van der Waals surface area contributed by atoms with Crippen molar-refractivity contribution in [1.82, 2.24) is 15.0 Å². The first kappa shape index (κ1) is 12.8. The summed E-state index contributed by atoms with van der Waals surface area (Å²) in [5.74, 6) is 0.810. The van der Waals surface area contributed by atoms with Gasteiger partial charge in [0.1, 0.15) is 0 Å². The van der Waals surface area contributed by atoms with Crippen LogP contribution in [0.5, 0.6) is 0 Å². The number of hydrogen-bond donors (Lipinski definition) is 1. The van der Waals surface area contributed by atoms with Gasteiger partial charge in [0.2, 0.25) is 5.95 Å². The van der Waals surface area contributed by atoms with E-state index < -0.39 is 0 Å². The first-order valence-electron chi connectivity index (χ1n) is 6.79. The van der Waals surface area contributed by atoms with Crippen LogP contribution in [-0.2, 0) is 6.54 Å². The summed E-state index contributed by atoms with van der Waals surface area (Å²) in [5.41, 5.74) is 7.76. The number of pyridine rings is 1. The molecule has 0 unspecified atom stereocenters. The van der Waals surface area contributed by atoms with E-state index in [0.717, 1.165) is 37.8 Å². The molecule has 0 spiro atoms. The molecule has 2 aromatic heterocycles. The zero-order valence-electron chi connectivity index (χ0n) is 11.3. The van der Waals surface area contributed by atoms with Crippen LogP contribution < -0.4 is 15.5 Å². The van der Waals surface area contributed by atoms with Crippen LogP contribution in [0.2, 0.25) is 0 Å². The summed E-state index contributed by atoms with van der Waals surface area (Å²) in [6.07, 6.45) is 5.39. The van der Waals surface area contributed by atoms with Gasteiger partial charge in [-0.15, -0.1) is 0 Å². The van der Waals surface area contributed by atoms with Gasteiger partial charge in [-0.2, -0.15) is 0 Å². The molecule has 3 heterocycles. The molecule has 0 atom stereocenters. The van der Waals surface area contributed by atoms with E-state index in [1.165, 1.54) is 5.69 Å². The van der Waals surface area contributed by atoms with Gasteiger partial charge in [-0.25, -0.2) is 9.97 Å². The zero-order valence-corrected chi connectivity index (χ0v) is 11.3. The molecule has 1 saturated heterocycles. The first-order valence-corrected chi connectivity index (χ1v) is 6.79. The maximum atomic E-state index is 5.64. The van der Waals surface area contributed by atoms with Gasteiger partial charge in [-0.1, -0.05) is 0 Å². The summed E-state index contributed by atoms with van der Waals surface area (Å²) >= 11 is 0. The summed E-state index contributed by atoms with van der Waals surface area (Å²) in [5, 5.41) is 0. The molecule has 0 aliphatic carbocycles. The topological polar surface area (TPSA) is 71.2 Å². The van der Waals surface area contributed by atoms with Crippen molar-refractivity contribution in [1.29, 1.82) is 0 Å². The number of hydrogen-bond acceptors (Lipinski definition) is 6. The minimum absolute atomic E-state index is 0.478. The van der Waals surface area contributed by atoms with E-state index in [-0.39, 0.29) is 0 Å². The summed E-state index contributed by atoms with van der Waals surface area (Å²) in [4.78, 5) is 17.4. The van der Waals surface area contributed by atoms with E-state index >= 15 is 0 Å². The minimum atomic E-state index is 0.478. The van der Waals surface area contributed by atoms with E-state index in [4.69, 9.17) is 5.73 Å². The first-order chi connectivity index (χ1) is 9.86. The van der Waals surface area contributed by atoms with Crippen molar-refractivity contribution >= 4 is 11.6 Å². The molecule has 0 aromatic carbocycles. The third kappa shape index (κ3) is 2.70. The molecule has 0 radical (unpaired) electrons. The average Bonchev–Trinajstić information content (AvgIpc) is 2.56. The molecule has 0 saturated carbocycles. The van der Waals surface area contributed by atoms with Crippen LogP contribution in [0.25, 0.3) is 0 Å². The normalized spacial score (nSPS) is 15.4. The second-order valence-corrected chi connectivity index (χ2v) is 4.73. The molecule has 0 amide bonds. The maximum absolute atomic E-state index is 5.64. The van der Waals surface area contributed by atoms with Gasteiger partial charge in [0.05, 0.1) is 5.69 Å². The quantitative estimate of drug-likeness (QED) is 0.883. The van der Waals surface area contributed by atoms with Gasteiger partial charge in [-0.05, 0) is 18.2 Å². The standard InChI is InChI=1S/C14H18N6/c15-11-12-10-13(2-5-16-12)19-6-8-20(9-7-19)14-17-3-1-4-18-14/h1-5,10H,6-9,11,15H2. The van der Waals surface area contributed by atoms with Gasteiger partial charge in [0, 0.05) is 57.0 Å². The fourth-order valence-corrected chi connectivity index (χ4v) is 2.39. The van der Waals surface area contributed by atoms with Gasteiger partial charge in [-0.3, -0.25) is 4.98 Å².